The molecule has 1 aliphatic rings. The van der Waals surface area contributed by atoms with E-state index in [0.717, 1.165) is 6.04 Å². The zero-order chi connectivity index (χ0) is 8.81. The summed E-state index contributed by atoms with van der Waals surface area (Å²) in [5.41, 5.74) is 0. The van der Waals surface area contributed by atoms with Gasteiger partial charge in [-0.1, -0.05) is 31.9 Å². The summed E-state index contributed by atoms with van der Waals surface area (Å²) >= 11 is 0. The summed E-state index contributed by atoms with van der Waals surface area (Å²) in [7, 11) is 0. The Labute approximate surface area is 76.2 Å². The molecule has 1 heteroatoms. The molecule has 1 aliphatic carbocycles. The Hall–Kier alpha value is -0.300. The van der Waals surface area contributed by atoms with Crippen LogP contribution in [0.4, 0.5) is 0 Å². The van der Waals surface area contributed by atoms with Crippen molar-refractivity contribution < 1.29 is 0 Å². The van der Waals surface area contributed by atoms with Crippen LogP contribution in [0.5, 0.6) is 0 Å². The van der Waals surface area contributed by atoms with Crippen molar-refractivity contribution in [2.24, 2.45) is 0 Å². The van der Waals surface area contributed by atoms with Crippen molar-refractivity contribution in [3.63, 3.8) is 0 Å². The molecule has 0 amide bonds. The molecule has 0 aromatic heterocycles. The first-order valence-electron chi connectivity index (χ1n) is 5.24. The zero-order valence-corrected chi connectivity index (χ0v) is 8.34. The van der Waals surface area contributed by atoms with Crippen LogP contribution in [0.25, 0.3) is 0 Å². The Balaban J connectivity index is 2.04. The first-order chi connectivity index (χ1) is 5.83. The van der Waals surface area contributed by atoms with Crippen molar-refractivity contribution in [2.45, 2.75) is 58.0 Å². The van der Waals surface area contributed by atoms with Gasteiger partial charge in [-0.3, -0.25) is 0 Å². The van der Waals surface area contributed by atoms with Gasteiger partial charge in [0.2, 0.25) is 0 Å². The van der Waals surface area contributed by atoms with Crippen LogP contribution in [-0.4, -0.2) is 12.1 Å². The van der Waals surface area contributed by atoms with Gasteiger partial charge in [-0.15, -0.1) is 0 Å². The van der Waals surface area contributed by atoms with E-state index in [-0.39, 0.29) is 0 Å². The second-order valence-electron chi connectivity index (χ2n) is 3.85. The van der Waals surface area contributed by atoms with Crippen LogP contribution in [0, 0.1) is 0 Å². The van der Waals surface area contributed by atoms with Crippen LogP contribution in [0.1, 0.15) is 46.0 Å². The minimum absolute atomic E-state index is 0.704. The maximum atomic E-state index is 3.65. The first-order valence-corrected chi connectivity index (χ1v) is 5.24. The molecular formula is C11H21N. The van der Waals surface area contributed by atoms with E-state index in [0.29, 0.717) is 6.04 Å². The van der Waals surface area contributed by atoms with Crippen molar-refractivity contribution in [1.82, 2.24) is 5.32 Å². The average molecular weight is 167 g/mol. The number of nitrogens with one attached hydrogen (secondary N) is 1. The van der Waals surface area contributed by atoms with Crippen LogP contribution < -0.4 is 5.32 Å². The first kappa shape index (κ1) is 9.79. The fraction of sp³-hybridized carbons (Fsp3) is 0.818. The smallest absolute Gasteiger partial charge is 0.0138 e. The molecule has 1 N–H and O–H groups in total. The molecule has 70 valence electrons. The molecular weight excluding hydrogens is 146 g/mol. The molecule has 0 heterocycles. The van der Waals surface area contributed by atoms with Gasteiger partial charge in [-0.05, 0) is 26.2 Å². The highest BCUT2D eigenvalue weighted by molar-refractivity contribution is 4.98. The molecule has 0 saturated heterocycles. The van der Waals surface area contributed by atoms with Gasteiger partial charge in [-0.2, -0.15) is 0 Å². The molecule has 1 nitrogen and oxygen atoms in total. The third-order valence-electron chi connectivity index (χ3n) is 2.52. The molecule has 0 bridgehead atoms. The standard InChI is InChI=1S/C11H21N/c1-3-4-7-10(2)12-11-8-5-6-9-11/h5-6,10-12H,3-4,7-9H2,1-2H3. The lowest BCUT2D eigenvalue weighted by atomic mass is 10.1. The molecule has 0 radical (unpaired) electrons. The highest BCUT2D eigenvalue weighted by Gasteiger charge is 2.11. The van der Waals surface area contributed by atoms with Gasteiger partial charge in [0.1, 0.15) is 0 Å². The van der Waals surface area contributed by atoms with Crippen molar-refractivity contribution in [1.29, 1.82) is 0 Å². The Bertz CT molecular complexity index is 132. The van der Waals surface area contributed by atoms with Crippen LogP contribution >= 0.6 is 0 Å². The van der Waals surface area contributed by atoms with E-state index in [1.807, 2.05) is 0 Å². The Morgan fingerprint density at radius 2 is 2.08 bits per heavy atom. The molecule has 0 aromatic carbocycles. The quantitative estimate of drug-likeness (QED) is 0.621. The van der Waals surface area contributed by atoms with Crippen molar-refractivity contribution >= 4 is 0 Å². The molecule has 0 saturated carbocycles. The van der Waals surface area contributed by atoms with E-state index in [4.69, 9.17) is 0 Å². The molecule has 12 heavy (non-hydrogen) atoms. The van der Waals surface area contributed by atoms with Gasteiger partial charge >= 0.3 is 0 Å². The maximum absolute atomic E-state index is 3.65. The number of unbranched alkanes of at least 4 members (excludes halogenated alkanes) is 1. The normalized spacial score (nSPS) is 20.2. The average Bonchev–Trinajstić information content (AvgIpc) is 2.53. The number of hydrogen-bond donors (Lipinski definition) is 1. The van der Waals surface area contributed by atoms with Crippen molar-refractivity contribution in [3.8, 4) is 0 Å². The van der Waals surface area contributed by atoms with Gasteiger partial charge in [0.05, 0.1) is 0 Å². The highest BCUT2D eigenvalue weighted by Crippen LogP contribution is 2.11. The van der Waals surface area contributed by atoms with Crippen molar-refractivity contribution in [2.75, 3.05) is 0 Å². The molecule has 1 atom stereocenters. The summed E-state index contributed by atoms with van der Waals surface area (Å²) in [6.45, 7) is 4.55. The Morgan fingerprint density at radius 3 is 2.67 bits per heavy atom. The number of hydrogen-bond acceptors (Lipinski definition) is 1. The van der Waals surface area contributed by atoms with Crippen LogP contribution in [0.2, 0.25) is 0 Å². The van der Waals surface area contributed by atoms with E-state index >= 15 is 0 Å². The monoisotopic (exact) mass is 167 g/mol. The topological polar surface area (TPSA) is 12.0 Å². The van der Waals surface area contributed by atoms with E-state index in [1.54, 1.807) is 0 Å². The lowest BCUT2D eigenvalue weighted by Gasteiger charge is -2.18. The van der Waals surface area contributed by atoms with Crippen LogP contribution in [0.15, 0.2) is 12.2 Å². The van der Waals surface area contributed by atoms with Crippen molar-refractivity contribution in [3.05, 3.63) is 12.2 Å². The molecule has 1 rings (SSSR count). The summed E-state index contributed by atoms with van der Waals surface area (Å²) in [4.78, 5) is 0. The predicted molar refractivity (Wildman–Crippen MR) is 54.3 cm³/mol. The molecule has 0 aliphatic heterocycles. The third-order valence-corrected chi connectivity index (χ3v) is 2.52. The summed E-state index contributed by atoms with van der Waals surface area (Å²) < 4.78 is 0. The third kappa shape index (κ3) is 3.40. The molecule has 0 spiro atoms. The summed E-state index contributed by atoms with van der Waals surface area (Å²) in [5, 5.41) is 3.65. The van der Waals surface area contributed by atoms with Gasteiger partial charge in [-0.25, -0.2) is 0 Å². The fourth-order valence-corrected chi connectivity index (χ4v) is 1.75. The van der Waals surface area contributed by atoms with E-state index in [2.05, 4.69) is 31.3 Å². The second kappa shape index (κ2) is 5.36. The van der Waals surface area contributed by atoms with E-state index in [9.17, 15) is 0 Å². The van der Waals surface area contributed by atoms with Gasteiger partial charge in [0, 0.05) is 12.1 Å². The van der Waals surface area contributed by atoms with Gasteiger partial charge in [0.25, 0.3) is 0 Å². The molecule has 1 unspecified atom stereocenters. The minimum Gasteiger partial charge on any atom is -0.311 e. The largest absolute Gasteiger partial charge is 0.311 e. The predicted octanol–water partition coefficient (Wildman–Crippen LogP) is 2.87. The lowest BCUT2D eigenvalue weighted by Crippen LogP contribution is -2.34. The Morgan fingerprint density at radius 1 is 1.42 bits per heavy atom. The van der Waals surface area contributed by atoms with Gasteiger partial charge < -0.3 is 5.32 Å². The molecule has 0 aromatic rings. The number of rotatable bonds is 5. The van der Waals surface area contributed by atoms with Gasteiger partial charge in [0.15, 0.2) is 0 Å². The summed E-state index contributed by atoms with van der Waals surface area (Å²) in [5.74, 6) is 0. The fourth-order valence-electron chi connectivity index (χ4n) is 1.75. The Kier molecular flexibility index (Phi) is 4.37. The van der Waals surface area contributed by atoms with E-state index < -0.39 is 0 Å². The van der Waals surface area contributed by atoms with Crippen LogP contribution in [0.3, 0.4) is 0 Å². The second-order valence-corrected chi connectivity index (χ2v) is 3.85. The van der Waals surface area contributed by atoms with E-state index in [1.165, 1.54) is 32.1 Å². The highest BCUT2D eigenvalue weighted by atomic mass is 14.9. The maximum Gasteiger partial charge on any atom is 0.0138 e. The SMILES string of the molecule is CCCCC(C)NC1CC=CC1. The summed E-state index contributed by atoms with van der Waals surface area (Å²) in [6.07, 6.45) is 11.0. The lowest BCUT2D eigenvalue weighted by molar-refractivity contribution is 0.429. The summed E-state index contributed by atoms with van der Waals surface area (Å²) in [6, 6.07) is 1.44. The zero-order valence-electron chi connectivity index (χ0n) is 8.34. The molecule has 0 fully saturated rings. The van der Waals surface area contributed by atoms with Crippen LogP contribution in [-0.2, 0) is 0 Å². The minimum atomic E-state index is 0.704.